The van der Waals surface area contributed by atoms with Gasteiger partial charge in [-0.2, -0.15) is 0 Å². The number of carbonyl (C=O) groups excluding carboxylic acids is 2. The summed E-state index contributed by atoms with van der Waals surface area (Å²) in [5, 5.41) is 163. The van der Waals surface area contributed by atoms with Crippen molar-refractivity contribution in [1.29, 1.82) is 0 Å². The summed E-state index contributed by atoms with van der Waals surface area (Å²) >= 11 is 0. The molecule has 15 N–H and O–H groups in total. The molecule has 0 spiro atoms. The Balaban J connectivity index is 1.52. The van der Waals surface area contributed by atoms with E-state index in [-0.39, 0.29) is 12.9 Å². The number of carbonyl (C=O) groups is 2. The van der Waals surface area contributed by atoms with Crippen molar-refractivity contribution in [3.63, 3.8) is 0 Å². The van der Waals surface area contributed by atoms with Gasteiger partial charge in [-0.15, -0.1) is 0 Å². The monoisotopic (exact) mass is 1050 g/mol. The molecule has 72 heavy (non-hydrogen) atoms. The van der Waals surface area contributed by atoms with E-state index in [0.717, 1.165) is 0 Å². The normalized spacial score (nSPS) is 45.9. The molecule has 5 fully saturated rings. The number of aliphatic hydroxyl groups is 15. The zero-order valence-electron chi connectivity index (χ0n) is 40.5. The summed E-state index contributed by atoms with van der Waals surface area (Å²) in [4.78, 5) is 24.3. The molecule has 0 aromatic heterocycles. The minimum Gasteiger partial charge on any atom is -0.410 e. The lowest BCUT2D eigenvalue weighted by atomic mass is 9.86. The van der Waals surface area contributed by atoms with Crippen LogP contribution < -0.4 is 0 Å². The molecule has 8 unspecified atom stereocenters. The first-order chi connectivity index (χ1) is 33.8. The number of hydrogen-bond acceptors (Lipinski definition) is 29. The van der Waals surface area contributed by atoms with E-state index in [0.29, 0.717) is 0 Å². The first-order valence-corrected chi connectivity index (χ1v) is 23.5. The maximum absolute atomic E-state index is 12.4. The van der Waals surface area contributed by atoms with Crippen LogP contribution in [-0.2, 0) is 66.4 Å². The third-order valence-corrected chi connectivity index (χ3v) is 13.6. The molecule has 0 amide bonds. The molecule has 0 radical (unpaired) electrons. The standard InChI is InChI=1S/C43H74O29/c1-16-19(51)7-42(61-14-49,69-33(16)27(55)21(53)9-44)68-23(11-46)29(57)34-17(2)20(52)8-43(70-34,62-15-50)71-37-32(60)39(66-35-24(12-47)65-40(31(59)30(35)58)72-41(4,5)6)64-25(13-48)36(37)67-38-18(3)26(54)28(56)22(10-45)63-38/h14-40,44-48,51-60H,7-13H2,1-6H3/t16-,17-,18?,19-,20-,21-,22?,23-,24?,25?,26-,27-,28+,29-,30-,31?,32?,33?,34?,35-,36+,37-,38+,39+,40+,42-,43+/m1/s1. The largest absolute Gasteiger partial charge is 0.410 e. The summed E-state index contributed by atoms with van der Waals surface area (Å²) in [5.41, 5.74) is -0.923. The highest BCUT2D eigenvalue weighted by Gasteiger charge is 2.61. The average Bonchev–Trinajstić information content (AvgIpc) is 3.33. The van der Waals surface area contributed by atoms with Crippen LogP contribution in [-0.4, -0.2) is 275 Å². The Labute approximate surface area is 413 Å². The molecular formula is C43H74O29. The van der Waals surface area contributed by atoms with Crippen LogP contribution in [0, 0.1) is 17.8 Å². The van der Waals surface area contributed by atoms with Crippen molar-refractivity contribution in [3.8, 4) is 0 Å². The predicted molar refractivity (Wildman–Crippen MR) is 228 cm³/mol. The van der Waals surface area contributed by atoms with Gasteiger partial charge in [0.15, 0.2) is 18.9 Å². The molecule has 0 saturated carbocycles. The summed E-state index contributed by atoms with van der Waals surface area (Å²) < 4.78 is 69.8. The number of ether oxygens (including phenoxy) is 12. The third kappa shape index (κ3) is 13.4. The van der Waals surface area contributed by atoms with Crippen LogP contribution in [0.1, 0.15) is 54.4 Å². The van der Waals surface area contributed by atoms with E-state index in [9.17, 15) is 86.2 Å². The fraction of sp³-hybridized carbons (Fsp3) is 0.953. The van der Waals surface area contributed by atoms with E-state index in [1.54, 1.807) is 20.8 Å². The SMILES string of the molecule is CC1[C@H](O[C@H]2C(CO)O[C@@H](O[C@@H]3C(CO)O[C@@H](OC(C)(C)C)C(O)[C@H]3O)C(O)[C@H]2O[C@]2(OC=O)C[C@@H](O)[C@@H](C)C([C@H](O)[C@@H](CO)O[C@]3(OC=O)C[C@@H](O)[C@@H](C)C([C@H](O)[C@H](O)CO)O3)O2)OC(CO)[C@H](O)[C@@H]1O. The second-order valence-corrected chi connectivity index (χ2v) is 19.8. The van der Waals surface area contributed by atoms with E-state index >= 15 is 0 Å². The van der Waals surface area contributed by atoms with Gasteiger partial charge >= 0.3 is 11.9 Å². The third-order valence-electron chi connectivity index (χ3n) is 13.6. The van der Waals surface area contributed by atoms with Crippen LogP contribution in [0.2, 0.25) is 0 Å². The highest BCUT2D eigenvalue weighted by Crippen LogP contribution is 2.44. The van der Waals surface area contributed by atoms with E-state index in [1.807, 2.05) is 0 Å². The highest BCUT2D eigenvalue weighted by atomic mass is 16.9. The van der Waals surface area contributed by atoms with Crippen LogP contribution in [0.3, 0.4) is 0 Å². The molecular weight excluding hydrogens is 980 g/mol. The molecule has 27 atom stereocenters. The van der Waals surface area contributed by atoms with Gasteiger partial charge in [-0.25, -0.2) is 0 Å². The van der Waals surface area contributed by atoms with E-state index < -0.39 is 216 Å². The molecule has 29 heteroatoms. The summed E-state index contributed by atoms with van der Waals surface area (Å²) in [6.45, 7) is 3.75. The van der Waals surface area contributed by atoms with Crippen LogP contribution in [0.25, 0.3) is 0 Å². The van der Waals surface area contributed by atoms with Crippen molar-refractivity contribution in [3.05, 3.63) is 0 Å². The maximum Gasteiger partial charge on any atom is 0.332 e. The van der Waals surface area contributed by atoms with Crippen LogP contribution in [0.5, 0.6) is 0 Å². The van der Waals surface area contributed by atoms with Crippen LogP contribution in [0.15, 0.2) is 0 Å². The van der Waals surface area contributed by atoms with Gasteiger partial charge in [0, 0.05) is 17.8 Å². The highest BCUT2D eigenvalue weighted by molar-refractivity contribution is 5.38. The van der Waals surface area contributed by atoms with Gasteiger partial charge in [-0.1, -0.05) is 20.8 Å². The summed E-state index contributed by atoms with van der Waals surface area (Å²) in [5.74, 6) is -9.03. The molecule has 0 aromatic rings. The van der Waals surface area contributed by atoms with Crippen molar-refractivity contribution in [2.75, 3.05) is 33.0 Å². The summed E-state index contributed by atoms with van der Waals surface area (Å²) in [6.07, 6.45) is -41.0. The molecule has 29 nitrogen and oxygen atoms in total. The Hall–Kier alpha value is -2.06. The number of hydrogen-bond donors (Lipinski definition) is 15. The quantitative estimate of drug-likeness (QED) is 0.0354. The van der Waals surface area contributed by atoms with Gasteiger partial charge in [0.1, 0.15) is 85.5 Å². The Morgan fingerprint density at radius 3 is 1.61 bits per heavy atom. The zero-order chi connectivity index (χ0) is 53.8. The van der Waals surface area contributed by atoms with Crippen LogP contribution >= 0.6 is 0 Å². The Kier molecular flexibility index (Phi) is 21.4. The smallest absolute Gasteiger partial charge is 0.332 e. The lowest BCUT2D eigenvalue weighted by Gasteiger charge is -2.52. The van der Waals surface area contributed by atoms with Crippen molar-refractivity contribution >= 4 is 12.9 Å². The fourth-order valence-electron chi connectivity index (χ4n) is 9.31. The van der Waals surface area contributed by atoms with Crippen molar-refractivity contribution < 1.29 is 143 Å². The van der Waals surface area contributed by atoms with Crippen LogP contribution in [0.4, 0.5) is 0 Å². The Bertz CT molecular complexity index is 1680. The maximum atomic E-state index is 12.4. The van der Waals surface area contributed by atoms with Gasteiger partial charge in [-0.05, 0) is 20.8 Å². The minimum atomic E-state index is -2.94. The van der Waals surface area contributed by atoms with E-state index in [1.165, 1.54) is 20.8 Å². The van der Waals surface area contributed by atoms with E-state index in [4.69, 9.17) is 56.8 Å². The van der Waals surface area contributed by atoms with Crippen molar-refractivity contribution in [2.45, 2.75) is 207 Å². The van der Waals surface area contributed by atoms with Crippen molar-refractivity contribution in [1.82, 2.24) is 0 Å². The molecule has 420 valence electrons. The molecule has 5 aliphatic heterocycles. The van der Waals surface area contributed by atoms with Gasteiger partial charge < -0.3 is 133 Å². The Morgan fingerprint density at radius 1 is 0.569 bits per heavy atom. The molecule has 5 saturated heterocycles. The summed E-state index contributed by atoms with van der Waals surface area (Å²) in [7, 11) is 0. The van der Waals surface area contributed by atoms with Gasteiger partial charge in [0.25, 0.3) is 12.9 Å². The molecule has 0 aromatic carbocycles. The average molecular weight is 1060 g/mol. The second kappa shape index (κ2) is 25.4. The second-order valence-electron chi connectivity index (χ2n) is 19.8. The number of rotatable bonds is 22. The van der Waals surface area contributed by atoms with Gasteiger partial charge in [-0.3, -0.25) is 9.59 Å². The predicted octanol–water partition coefficient (Wildman–Crippen LogP) is -7.77. The molecule has 5 aliphatic rings. The first-order valence-electron chi connectivity index (χ1n) is 23.5. The molecule has 0 bridgehead atoms. The molecule has 5 heterocycles. The minimum absolute atomic E-state index is 0.178. The van der Waals surface area contributed by atoms with Gasteiger partial charge in [0.2, 0.25) is 0 Å². The van der Waals surface area contributed by atoms with E-state index in [2.05, 4.69) is 0 Å². The topological polar surface area (TPSA) is 448 Å². The first kappa shape index (κ1) is 60.8. The Morgan fingerprint density at radius 2 is 1.07 bits per heavy atom. The molecule has 5 rings (SSSR count). The zero-order valence-corrected chi connectivity index (χ0v) is 40.5. The lowest BCUT2D eigenvalue weighted by Crippen LogP contribution is -2.69. The van der Waals surface area contributed by atoms with Crippen molar-refractivity contribution in [2.24, 2.45) is 17.8 Å². The summed E-state index contributed by atoms with van der Waals surface area (Å²) in [6, 6.07) is 0. The lowest BCUT2D eigenvalue weighted by molar-refractivity contribution is -0.460. The fourth-order valence-corrected chi connectivity index (χ4v) is 9.31. The number of aliphatic hydroxyl groups excluding tert-OH is 15. The molecule has 0 aliphatic carbocycles. The van der Waals surface area contributed by atoms with Gasteiger partial charge in [0.05, 0.1) is 82.0 Å².